The van der Waals surface area contributed by atoms with Gasteiger partial charge in [0, 0.05) is 25.9 Å². The minimum atomic E-state index is -0.0568. The Bertz CT molecular complexity index is 488. The third-order valence-electron chi connectivity index (χ3n) is 3.98. The Morgan fingerprint density at radius 2 is 2.35 bits per heavy atom. The number of ether oxygens (including phenoxy) is 1. The maximum atomic E-state index is 12.2. The van der Waals surface area contributed by atoms with Crippen LogP contribution < -0.4 is 5.32 Å². The van der Waals surface area contributed by atoms with Crippen LogP contribution in [-0.2, 0) is 4.74 Å². The number of anilines is 1. The number of likely N-dealkylation sites (tertiary alicyclic amines) is 1. The standard InChI is InChI=1S/C15H21N3O2/c1-11-4-6-16-8-14(11)17-15(19)18-7-5-13(9-18)20-10-12-2-3-12/h4,6,8,12-13H,2-3,5,7,9-10H2,1H3,(H,17,19). The van der Waals surface area contributed by atoms with E-state index in [4.69, 9.17) is 4.74 Å². The number of rotatable bonds is 4. The van der Waals surface area contributed by atoms with Crippen molar-refractivity contribution in [3.8, 4) is 0 Å². The van der Waals surface area contributed by atoms with E-state index in [1.54, 1.807) is 12.4 Å². The van der Waals surface area contributed by atoms with E-state index >= 15 is 0 Å². The zero-order chi connectivity index (χ0) is 13.9. The maximum absolute atomic E-state index is 12.2. The van der Waals surface area contributed by atoms with E-state index in [0.29, 0.717) is 6.54 Å². The zero-order valence-electron chi connectivity index (χ0n) is 11.8. The Labute approximate surface area is 119 Å². The van der Waals surface area contributed by atoms with Crippen LogP contribution in [0.3, 0.4) is 0 Å². The van der Waals surface area contributed by atoms with Gasteiger partial charge in [-0.05, 0) is 43.7 Å². The molecule has 2 aliphatic rings. The smallest absolute Gasteiger partial charge is 0.321 e. The third kappa shape index (κ3) is 3.28. The summed E-state index contributed by atoms with van der Waals surface area (Å²) in [5.41, 5.74) is 1.80. The summed E-state index contributed by atoms with van der Waals surface area (Å²) >= 11 is 0. The molecule has 0 aromatic carbocycles. The fourth-order valence-electron chi connectivity index (χ4n) is 2.39. The summed E-state index contributed by atoms with van der Waals surface area (Å²) in [5, 5.41) is 2.92. The molecule has 0 radical (unpaired) electrons. The lowest BCUT2D eigenvalue weighted by molar-refractivity contribution is 0.0543. The number of hydrogen-bond acceptors (Lipinski definition) is 3. The highest BCUT2D eigenvalue weighted by Gasteiger charge is 2.29. The number of nitrogens with zero attached hydrogens (tertiary/aromatic N) is 2. The summed E-state index contributed by atoms with van der Waals surface area (Å²) in [5.74, 6) is 0.774. The molecule has 108 valence electrons. The molecule has 1 aromatic heterocycles. The van der Waals surface area contributed by atoms with Crippen LogP contribution in [0.15, 0.2) is 18.5 Å². The van der Waals surface area contributed by atoms with Crippen molar-refractivity contribution in [3.63, 3.8) is 0 Å². The van der Waals surface area contributed by atoms with Crippen molar-refractivity contribution in [1.29, 1.82) is 0 Å². The lowest BCUT2D eigenvalue weighted by Crippen LogP contribution is -2.34. The number of pyridine rings is 1. The van der Waals surface area contributed by atoms with E-state index < -0.39 is 0 Å². The summed E-state index contributed by atoms with van der Waals surface area (Å²) in [6.45, 7) is 4.28. The van der Waals surface area contributed by atoms with Crippen molar-refractivity contribution >= 4 is 11.7 Å². The molecule has 3 rings (SSSR count). The summed E-state index contributed by atoms with van der Waals surface area (Å²) in [6.07, 6.45) is 7.16. The number of urea groups is 1. The van der Waals surface area contributed by atoms with Crippen molar-refractivity contribution in [1.82, 2.24) is 9.88 Å². The molecule has 1 N–H and O–H groups in total. The van der Waals surface area contributed by atoms with Crippen molar-refractivity contribution in [3.05, 3.63) is 24.0 Å². The molecule has 2 fully saturated rings. The summed E-state index contributed by atoms with van der Waals surface area (Å²) < 4.78 is 5.85. The second kappa shape index (κ2) is 5.79. The minimum Gasteiger partial charge on any atom is -0.376 e. The molecular weight excluding hydrogens is 254 g/mol. The van der Waals surface area contributed by atoms with Crippen LogP contribution in [0, 0.1) is 12.8 Å². The van der Waals surface area contributed by atoms with Gasteiger partial charge in [-0.25, -0.2) is 4.79 Å². The van der Waals surface area contributed by atoms with Crippen LogP contribution in [0.1, 0.15) is 24.8 Å². The van der Waals surface area contributed by atoms with Gasteiger partial charge in [-0.1, -0.05) is 0 Å². The van der Waals surface area contributed by atoms with Gasteiger partial charge in [0.05, 0.1) is 18.0 Å². The molecule has 2 heterocycles. The van der Waals surface area contributed by atoms with Gasteiger partial charge in [-0.15, -0.1) is 0 Å². The van der Waals surface area contributed by atoms with Crippen LogP contribution >= 0.6 is 0 Å². The van der Waals surface area contributed by atoms with Gasteiger partial charge in [0.15, 0.2) is 0 Å². The van der Waals surface area contributed by atoms with E-state index in [9.17, 15) is 4.79 Å². The average Bonchev–Trinajstić information content (AvgIpc) is 3.15. The van der Waals surface area contributed by atoms with Gasteiger partial charge in [0.1, 0.15) is 0 Å². The first-order valence-corrected chi connectivity index (χ1v) is 7.30. The minimum absolute atomic E-state index is 0.0568. The highest BCUT2D eigenvalue weighted by molar-refractivity contribution is 5.90. The molecule has 0 bridgehead atoms. The van der Waals surface area contributed by atoms with Gasteiger partial charge < -0.3 is 15.0 Å². The number of aryl methyl sites for hydroxylation is 1. The van der Waals surface area contributed by atoms with Gasteiger partial charge in [-0.2, -0.15) is 0 Å². The predicted octanol–water partition coefficient (Wildman–Crippen LogP) is 2.42. The SMILES string of the molecule is Cc1ccncc1NC(=O)N1CCC(OCC2CC2)C1. The summed E-state index contributed by atoms with van der Waals surface area (Å²) in [7, 11) is 0. The molecular formula is C15H21N3O2. The Balaban J connectivity index is 1.49. The van der Waals surface area contributed by atoms with Gasteiger partial charge in [-0.3, -0.25) is 4.98 Å². The van der Waals surface area contributed by atoms with E-state index in [2.05, 4.69) is 10.3 Å². The Morgan fingerprint density at radius 1 is 1.50 bits per heavy atom. The third-order valence-corrected chi connectivity index (χ3v) is 3.98. The van der Waals surface area contributed by atoms with Crippen LogP contribution in [0.5, 0.6) is 0 Å². The summed E-state index contributed by atoms with van der Waals surface area (Å²) in [6, 6.07) is 1.83. The van der Waals surface area contributed by atoms with E-state index in [-0.39, 0.29) is 12.1 Å². The number of carbonyl (C=O) groups excluding carboxylic acids is 1. The number of nitrogens with one attached hydrogen (secondary N) is 1. The molecule has 0 spiro atoms. The molecule has 2 amide bonds. The zero-order valence-corrected chi connectivity index (χ0v) is 11.8. The second-order valence-electron chi connectivity index (χ2n) is 5.75. The predicted molar refractivity (Wildman–Crippen MR) is 76.6 cm³/mol. The van der Waals surface area contributed by atoms with E-state index in [1.807, 2.05) is 17.9 Å². The molecule has 1 aromatic rings. The largest absolute Gasteiger partial charge is 0.376 e. The highest BCUT2D eigenvalue weighted by Crippen LogP contribution is 2.30. The molecule has 1 unspecified atom stereocenters. The van der Waals surface area contributed by atoms with E-state index in [0.717, 1.165) is 36.7 Å². The van der Waals surface area contributed by atoms with Crippen molar-refractivity contribution in [2.45, 2.75) is 32.3 Å². The number of hydrogen-bond donors (Lipinski definition) is 1. The monoisotopic (exact) mass is 275 g/mol. The highest BCUT2D eigenvalue weighted by atomic mass is 16.5. The van der Waals surface area contributed by atoms with Crippen LogP contribution in [0.2, 0.25) is 0 Å². The number of carbonyl (C=O) groups is 1. The maximum Gasteiger partial charge on any atom is 0.321 e. The molecule has 1 saturated heterocycles. The first kappa shape index (κ1) is 13.4. The Morgan fingerprint density at radius 3 is 3.10 bits per heavy atom. The summed E-state index contributed by atoms with van der Waals surface area (Å²) in [4.78, 5) is 18.1. The lowest BCUT2D eigenvalue weighted by atomic mass is 10.2. The van der Waals surface area contributed by atoms with Gasteiger partial charge in [0.25, 0.3) is 0 Å². The fourth-order valence-corrected chi connectivity index (χ4v) is 2.39. The molecule has 1 aliphatic heterocycles. The van der Waals surface area contributed by atoms with Crippen LogP contribution in [0.25, 0.3) is 0 Å². The van der Waals surface area contributed by atoms with Crippen molar-refractivity contribution in [2.24, 2.45) is 5.92 Å². The first-order valence-electron chi connectivity index (χ1n) is 7.30. The van der Waals surface area contributed by atoms with Gasteiger partial charge >= 0.3 is 6.03 Å². The average molecular weight is 275 g/mol. The van der Waals surface area contributed by atoms with Crippen LogP contribution in [0.4, 0.5) is 10.5 Å². The molecule has 1 atom stereocenters. The topological polar surface area (TPSA) is 54.5 Å². The Hall–Kier alpha value is -1.62. The van der Waals surface area contributed by atoms with Crippen molar-refractivity contribution in [2.75, 3.05) is 25.0 Å². The molecule has 1 saturated carbocycles. The fraction of sp³-hybridized carbons (Fsp3) is 0.600. The van der Waals surface area contributed by atoms with Crippen LogP contribution in [-0.4, -0.2) is 41.7 Å². The molecule has 5 nitrogen and oxygen atoms in total. The van der Waals surface area contributed by atoms with E-state index in [1.165, 1.54) is 12.8 Å². The van der Waals surface area contributed by atoms with Crippen molar-refractivity contribution < 1.29 is 9.53 Å². The first-order chi connectivity index (χ1) is 9.72. The Kier molecular flexibility index (Phi) is 3.87. The number of aromatic nitrogens is 1. The quantitative estimate of drug-likeness (QED) is 0.918. The van der Waals surface area contributed by atoms with Gasteiger partial charge in [0.2, 0.25) is 0 Å². The lowest BCUT2D eigenvalue weighted by Gasteiger charge is -2.18. The second-order valence-corrected chi connectivity index (χ2v) is 5.75. The normalized spacial score (nSPS) is 22.1. The molecule has 20 heavy (non-hydrogen) atoms. The molecule has 5 heteroatoms. The molecule has 1 aliphatic carbocycles. The number of amides is 2.